The molecule has 6 heteroatoms. The maximum Gasteiger partial charge on any atom is 0.407 e. The van der Waals surface area contributed by atoms with Gasteiger partial charge in [0.15, 0.2) is 0 Å². The fourth-order valence-corrected chi connectivity index (χ4v) is 1.81. The van der Waals surface area contributed by atoms with E-state index in [1.54, 1.807) is 4.90 Å². The Bertz CT molecular complexity index is 340. The number of nitrogens with one attached hydrogen (secondary N) is 1. The van der Waals surface area contributed by atoms with Crippen molar-refractivity contribution in [3.8, 4) is 0 Å². The zero-order chi connectivity index (χ0) is 16.5. The number of hydrogen-bond acceptors (Lipinski definition) is 4. The summed E-state index contributed by atoms with van der Waals surface area (Å²) < 4.78 is 5.14. The van der Waals surface area contributed by atoms with Crippen molar-refractivity contribution in [1.29, 1.82) is 0 Å². The maximum atomic E-state index is 11.5. The van der Waals surface area contributed by atoms with Crippen LogP contribution < -0.4 is 5.32 Å². The fourth-order valence-electron chi connectivity index (χ4n) is 1.81. The zero-order valence-electron chi connectivity index (χ0n) is 13.8. The topological polar surface area (TPSA) is 61.9 Å². The highest BCUT2D eigenvalue weighted by Gasteiger charge is 2.20. The molecule has 6 nitrogen and oxygen atoms in total. The third-order valence-electron chi connectivity index (χ3n) is 2.86. The lowest BCUT2D eigenvalue weighted by atomic mass is 10.2. The normalized spacial score (nSPS) is 16.0. The molecule has 0 aromatic carbocycles. The minimum atomic E-state index is -0.464. The van der Waals surface area contributed by atoms with Crippen LogP contribution in [0.3, 0.4) is 0 Å². The molecule has 21 heavy (non-hydrogen) atoms. The van der Waals surface area contributed by atoms with Gasteiger partial charge < -0.3 is 15.0 Å². The number of likely N-dealkylation sites (N-methyl/N-ethyl adjacent to an activating group) is 1. The molecule has 2 amide bonds. The van der Waals surface area contributed by atoms with Crippen LogP contribution in [0.2, 0.25) is 0 Å². The second kappa shape index (κ2) is 9.39. The van der Waals surface area contributed by atoms with E-state index in [1.807, 2.05) is 27.8 Å². The first kappa shape index (κ1) is 19.4. The van der Waals surface area contributed by atoms with Crippen molar-refractivity contribution in [2.24, 2.45) is 0 Å². The minimum absolute atomic E-state index is 0.159. The largest absolute Gasteiger partial charge is 0.444 e. The zero-order valence-corrected chi connectivity index (χ0v) is 13.8. The highest BCUT2D eigenvalue weighted by atomic mass is 16.6. The Balaban J connectivity index is 0.00000191. The highest BCUT2D eigenvalue weighted by molar-refractivity contribution is 5.78. The van der Waals surface area contributed by atoms with Crippen molar-refractivity contribution in [3.05, 3.63) is 13.2 Å². The average molecular weight is 299 g/mol. The quantitative estimate of drug-likeness (QED) is 0.631. The molecule has 0 aromatic heterocycles. The van der Waals surface area contributed by atoms with Crippen LogP contribution in [0.1, 0.15) is 27.2 Å². The van der Waals surface area contributed by atoms with Gasteiger partial charge in [0.2, 0.25) is 5.91 Å². The van der Waals surface area contributed by atoms with Gasteiger partial charge in [-0.25, -0.2) is 4.79 Å². The second-order valence-electron chi connectivity index (χ2n) is 5.87. The lowest BCUT2D eigenvalue weighted by molar-refractivity contribution is -0.134. The van der Waals surface area contributed by atoms with E-state index in [0.29, 0.717) is 13.1 Å². The van der Waals surface area contributed by atoms with E-state index < -0.39 is 5.60 Å². The number of ether oxygens (including phenoxy) is 1. The van der Waals surface area contributed by atoms with Crippen molar-refractivity contribution in [2.45, 2.75) is 32.8 Å². The lowest BCUT2D eigenvalue weighted by Crippen LogP contribution is -2.49. The summed E-state index contributed by atoms with van der Waals surface area (Å²) in [5.74, 6) is 0.159. The van der Waals surface area contributed by atoms with E-state index in [1.165, 1.54) is 0 Å². The first-order chi connectivity index (χ1) is 9.78. The van der Waals surface area contributed by atoms with Gasteiger partial charge in [-0.05, 0) is 27.2 Å². The number of rotatable bonds is 4. The number of nitrogens with zero attached hydrogens (tertiary/aromatic N) is 2. The SMILES string of the molecule is C=C.CN1CCN(CCCNC(=O)OC(C)(C)C)CC1=O. The van der Waals surface area contributed by atoms with Crippen molar-refractivity contribution in [1.82, 2.24) is 15.1 Å². The highest BCUT2D eigenvalue weighted by Crippen LogP contribution is 2.06. The van der Waals surface area contributed by atoms with Crippen LogP contribution in [0.15, 0.2) is 13.2 Å². The number of piperazine rings is 1. The van der Waals surface area contributed by atoms with Crippen LogP contribution in [0.25, 0.3) is 0 Å². The molecule has 0 bridgehead atoms. The van der Waals surface area contributed by atoms with E-state index in [4.69, 9.17) is 4.74 Å². The van der Waals surface area contributed by atoms with E-state index in [0.717, 1.165) is 26.1 Å². The number of carbonyl (C=O) groups excluding carboxylic acids is 2. The molecule has 0 saturated carbocycles. The van der Waals surface area contributed by atoms with Crippen molar-refractivity contribution < 1.29 is 14.3 Å². The lowest BCUT2D eigenvalue weighted by Gasteiger charge is -2.31. The van der Waals surface area contributed by atoms with Crippen LogP contribution in [0.4, 0.5) is 4.79 Å². The van der Waals surface area contributed by atoms with Crippen molar-refractivity contribution >= 4 is 12.0 Å². The molecule has 0 unspecified atom stereocenters. The van der Waals surface area contributed by atoms with E-state index in [2.05, 4.69) is 23.4 Å². The maximum absolute atomic E-state index is 11.5. The summed E-state index contributed by atoms with van der Waals surface area (Å²) in [4.78, 5) is 26.7. The predicted octanol–water partition coefficient (Wildman–Crippen LogP) is 1.48. The molecule has 1 rings (SSSR count). The number of alkyl carbamates (subject to hydrolysis) is 1. The molecular weight excluding hydrogens is 270 g/mol. The Morgan fingerprint density at radius 2 is 1.95 bits per heavy atom. The Labute approximate surface area is 128 Å². The summed E-state index contributed by atoms with van der Waals surface area (Å²) >= 11 is 0. The number of hydrogen-bond donors (Lipinski definition) is 1. The number of amides is 2. The third-order valence-corrected chi connectivity index (χ3v) is 2.86. The molecule has 1 aliphatic rings. The summed E-state index contributed by atoms with van der Waals surface area (Å²) in [6.45, 7) is 15.0. The molecule has 0 atom stereocenters. The third kappa shape index (κ3) is 9.07. The van der Waals surface area contributed by atoms with Gasteiger partial charge in [0.1, 0.15) is 5.60 Å². The molecule has 1 N–H and O–H groups in total. The van der Waals surface area contributed by atoms with Crippen LogP contribution in [0, 0.1) is 0 Å². The van der Waals surface area contributed by atoms with Gasteiger partial charge in [-0.15, -0.1) is 13.2 Å². The fraction of sp³-hybridized carbons (Fsp3) is 0.733. The van der Waals surface area contributed by atoms with E-state index in [9.17, 15) is 9.59 Å². The van der Waals surface area contributed by atoms with Gasteiger partial charge >= 0.3 is 6.09 Å². The summed E-state index contributed by atoms with van der Waals surface area (Å²) in [5.41, 5.74) is -0.464. The molecule has 1 fully saturated rings. The summed E-state index contributed by atoms with van der Waals surface area (Å²) in [6.07, 6.45) is 0.429. The van der Waals surface area contributed by atoms with Crippen molar-refractivity contribution in [3.63, 3.8) is 0 Å². The van der Waals surface area contributed by atoms with Gasteiger partial charge in [-0.1, -0.05) is 0 Å². The first-order valence-corrected chi connectivity index (χ1v) is 7.21. The summed E-state index contributed by atoms with van der Waals surface area (Å²) in [6, 6.07) is 0. The van der Waals surface area contributed by atoms with E-state index >= 15 is 0 Å². The molecule has 0 aliphatic carbocycles. The van der Waals surface area contributed by atoms with Gasteiger partial charge in [0, 0.05) is 33.2 Å². The molecule has 1 heterocycles. The minimum Gasteiger partial charge on any atom is -0.444 e. The number of carbonyl (C=O) groups is 2. The molecule has 1 aliphatic heterocycles. The predicted molar refractivity (Wildman–Crippen MR) is 84.2 cm³/mol. The second-order valence-corrected chi connectivity index (χ2v) is 5.87. The molecular formula is C15H29N3O3. The standard InChI is InChI=1S/C13H25N3O3.C2H4/c1-13(2,3)19-12(18)14-6-5-7-16-9-8-15(4)11(17)10-16;1-2/h5-10H2,1-4H3,(H,14,18);1-2H2. The van der Waals surface area contributed by atoms with Gasteiger partial charge in [0.05, 0.1) is 6.54 Å². The van der Waals surface area contributed by atoms with Gasteiger partial charge in [0.25, 0.3) is 0 Å². The molecule has 122 valence electrons. The average Bonchev–Trinajstić information content (AvgIpc) is 2.39. The molecule has 0 radical (unpaired) electrons. The summed E-state index contributed by atoms with van der Waals surface area (Å²) in [5, 5.41) is 2.72. The van der Waals surface area contributed by atoms with Crippen molar-refractivity contribution in [2.75, 3.05) is 39.8 Å². The first-order valence-electron chi connectivity index (χ1n) is 7.21. The van der Waals surface area contributed by atoms with Crippen LogP contribution >= 0.6 is 0 Å². The van der Waals surface area contributed by atoms with Crippen LogP contribution in [-0.4, -0.2) is 67.2 Å². The van der Waals surface area contributed by atoms with E-state index in [-0.39, 0.29) is 12.0 Å². The molecule has 1 saturated heterocycles. The van der Waals surface area contributed by atoms with Gasteiger partial charge in [-0.3, -0.25) is 9.69 Å². The van der Waals surface area contributed by atoms with Crippen LogP contribution in [-0.2, 0) is 9.53 Å². The molecule has 0 spiro atoms. The Kier molecular flexibility index (Phi) is 8.69. The Morgan fingerprint density at radius 1 is 1.33 bits per heavy atom. The molecule has 0 aromatic rings. The van der Waals surface area contributed by atoms with Gasteiger partial charge in [-0.2, -0.15) is 0 Å². The van der Waals surface area contributed by atoms with Crippen LogP contribution in [0.5, 0.6) is 0 Å². The Hall–Kier alpha value is -1.56. The summed E-state index contributed by atoms with van der Waals surface area (Å²) in [7, 11) is 1.82. The monoisotopic (exact) mass is 299 g/mol. The smallest absolute Gasteiger partial charge is 0.407 e. The Morgan fingerprint density at radius 3 is 2.48 bits per heavy atom.